The zero-order chi connectivity index (χ0) is 15.9. The molecule has 1 heterocycles. The first kappa shape index (κ1) is 14.4. The van der Waals surface area contributed by atoms with Crippen molar-refractivity contribution in [2.24, 2.45) is 0 Å². The molecule has 0 N–H and O–H groups in total. The molecule has 2 aromatic carbocycles. The number of benzene rings is 2. The highest BCUT2D eigenvalue weighted by molar-refractivity contribution is 6.30. The lowest BCUT2D eigenvalue weighted by atomic mass is 10.2. The van der Waals surface area contributed by atoms with E-state index in [-0.39, 0.29) is 5.56 Å². The standard InChI is InChI=1S/C16H13ClN2O3/c1-9-18-12-7-10(16(20)21)3-5-13(12)19(9)14-8-11(17)4-6-15(14)22-2/h3-8H,1-2H3,(H,20,21)/p-1. The van der Waals surface area contributed by atoms with Gasteiger partial charge in [-0.1, -0.05) is 17.7 Å². The number of ether oxygens (including phenoxy) is 1. The third kappa shape index (κ3) is 2.29. The van der Waals surface area contributed by atoms with Crippen LogP contribution in [0.2, 0.25) is 5.02 Å². The van der Waals surface area contributed by atoms with Gasteiger partial charge in [0, 0.05) is 5.02 Å². The van der Waals surface area contributed by atoms with Crippen LogP contribution in [0.25, 0.3) is 16.7 Å². The lowest BCUT2D eigenvalue weighted by Crippen LogP contribution is -2.21. The Hall–Kier alpha value is -2.53. The first-order valence-electron chi connectivity index (χ1n) is 6.55. The van der Waals surface area contributed by atoms with Crippen LogP contribution in [0.4, 0.5) is 0 Å². The van der Waals surface area contributed by atoms with Gasteiger partial charge in [0.2, 0.25) is 0 Å². The fourth-order valence-corrected chi connectivity index (χ4v) is 2.64. The summed E-state index contributed by atoms with van der Waals surface area (Å²) in [5.41, 5.74) is 2.18. The van der Waals surface area contributed by atoms with Gasteiger partial charge in [-0.25, -0.2) is 4.98 Å². The van der Waals surface area contributed by atoms with Gasteiger partial charge in [-0.3, -0.25) is 4.57 Å². The number of methoxy groups -OCH3 is 1. The minimum absolute atomic E-state index is 0.0928. The molecule has 0 fully saturated rings. The van der Waals surface area contributed by atoms with Crippen LogP contribution in [0.3, 0.4) is 0 Å². The van der Waals surface area contributed by atoms with Crippen molar-refractivity contribution in [3.8, 4) is 11.4 Å². The predicted molar refractivity (Wildman–Crippen MR) is 81.7 cm³/mol. The highest BCUT2D eigenvalue weighted by atomic mass is 35.5. The van der Waals surface area contributed by atoms with Gasteiger partial charge in [-0.15, -0.1) is 0 Å². The lowest BCUT2D eigenvalue weighted by molar-refractivity contribution is -0.255. The number of aromatic carboxylic acids is 1. The van der Waals surface area contributed by atoms with E-state index in [4.69, 9.17) is 16.3 Å². The summed E-state index contributed by atoms with van der Waals surface area (Å²) in [4.78, 5) is 15.4. The van der Waals surface area contributed by atoms with Crippen molar-refractivity contribution in [1.29, 1.82) is 0 Å². The molecule has 0 saturated carbocycles. The van der Waals surface area contributed by atoms with E-state index >= 15 is 0 Å². The van der Waals surface area contributed by atoms with Crippen LogP contribution in [0, 0.1) is 6.92 Å². The van der Waals surface area contributed by atoms with Crippen molar-refractivity contribution < 1.29 is 14.6 Å². The summed E-state index contributed by atoms with van der Waals surface area (Å²) >= 11 is 6.09. The molecule has 0 aliphatic rings. The van der Waals surface area contributed by atoms with E-state index in [2.05, 4.69) is 4.98 Å². The molecule has 22 heavy (non-hydrogen) atoms. The van der Waals surface area contributed by atoms with Crippen LogP contribution in [0.1, 0.15) is 16.2 Å². The highest BCUT2D eigenvalue weighted by Gasteiger charge is 2.14. The molecule has 0 bridgehead atoms. The van der Waals surface area contributed by atoms with Crippen LogP contribution in [0.5, 0.6) is 5.75 Å². The van der Waals surface area contributed by atoms with Gasteiger partial charge in [0.25, 0.3) is 0 Å². The fourth-order valence-electron chi connectivity index (χ4n) is 2.47. The molecule has 6 heteroatoms. The second kappa shape index (κ2) is 5.35. The van der Waals surface area contributed by atoms with E-state index in [1.54, 1.807) is 31.4 Å². The number of aryl methyl sites for hydroxylation is 1. The number of aromatic nitrogens is 2. The molecule has 5 nitrogen and oxygen atoms in total. The van der Waals surface area contributed by atoms with Gasteiger partial charge >= 0.3 is 0 Å². The summed E-state index contributed by atoms with van der Waals surface area (Å²) in [5, 5.41) is 11.5. The van der Waals surface area contributed by atoms with Crippen LogP contribution in [0.15, 0.2) is 36.4 Å². The van der Waals surface area contributed by atoms with Crippen LogP contribution in [-0.2, 0) is 0 Å². The first-order chi connectivity index (χ1) is 10.5. The number of imidazole rings is 1. The molecule has 0 unspecified atom stereocenters. The van der Waals surface area contributed by atoms with E-state index in [0.717, 1.165) is 11.2 Å². The largest absolute Gasteiger partial charge is 0.545 e. The Balaban J connectivity index is 2.30. The number of fused-ring (bicyclic) bond motifs is 1. The smallest absolute Gasteiger partial charge is 0.143 e. The number of hydrogen-bond acceptors (Lipinski definition) is 4. The van der Waals surface area contributed by atoms with Crippen molar-refractivity contribution >= 4 is 28.6 Å². The van der Waals surface area contributed by atoms with Crippen molar-refractivity contribution in [3.63, 3.8) is 0 Å². The number of carbonyl (C=O) groups is 1. The summed E-state index contributed by atoms with van der Waals surface area (Å²) < 4.78 is 7.25. The molecule has 0 atom stereocenters. The van der Waals surface area contributed by atoms with E-state index in [1.165, 1.54) is 12.1 Å². The Morgan fingerprint density at radius 3 is 2.73 bits per heavy atom. The molecule has 3 aromatic rings. The Morgan fingerprint density at radius 2 is 2.05 bits per heavy atom. The van der Waals surface area contributed by atoms with Crippen LogP contribution >= 0.6 is 11.6 Å². The average molecular weight is 316 g/mol. The molecule has 0 saturated heterocycles. The third-order valence-corrected chi connectivity index (χ3v) is 3.67. The Morgan fingerprint density at radius 1 is 1.27 bits per heavy atom. The number of rotatable bonds is 3. The molecule has 3 rings (SSSR count). The molecular weight excluding hydrogens is 304 g/mol. The minimum atomic E-state index is -1.23. The van der Waals surface area contributed by atoms with Gasteiger partial charge in [0.05, 0.1) is 29.8 Å². The number of hydrogen-bond donors (Lipinski definition) is 0. The van der Waals surface area contributed by atoms with Gasteiger partial charge in [0.15, 0.2) is 0 Å². The van der Waals surface area contributed by atoms with Crippen LogP contribution < -0.4 is 9.84 Å². The van der Waals surface area contributed by atoms with Crippen molar-refractivity contribution in [3.05, 3.63) is 52.8 Å². The summed E-state index contributed by atoms with van der Waals surface area (Å²) in [6.07, 6.45) is 0. The molecule has 0 amide bonds. The number of carbonyl (C=O) groups excluding carboxylic acids is 1. The van der Waals surface area contributed by atoms with Gasteiger partial charge in [-0.05, 0) is 42.8 Å². The summed E-state index contributed by atoms with van der Waals surface area (Å²) in [6, 6.07) is 9.98. The Bertz CT molecular complexity index is 886. The summed E-state index contributed by atoms with van der Waals surface area (Å²) in [5.74, 6) is 0.122. The van der Waals surface area contributed by atoms with E-state index in [0.29, 0.717) is 22.1 Å². The van der Waals surface area contributed by atoms with Gasteiger partial charge in [-0.2, -0.15) is 0 Å². The topological polar surface area (TPSA) is 67.2 Å². The van der Waals surface area contributed by atoms with Gasteiger partial charge in [0.1, 0.15) is 11.6 Å². The van der Waals surface area contributed by atoms with E-state index in [1.807, 2.05) is 11.5 Å². The Kier molecular flexibility index (Phi) is 3.50. The lowest BCUT2D eigenvalue weighted by Gasteiger charge is -2.12. The maximum Gasteiger partial charge on any atom is 0.143 e. The number of nitrogens with zero attached hydrogens (tertiary/aromatic N) is 2. The highest BCUT2D eigenvalue weighted by Crippen LogP contribution is 2.31. The third-order valence-electron chi connectivity index (χ3n) is 3.44. The summed E-state index contributed by atoms with van der Waals surface area (Å²) in [6.45, 7) is 1.83. The number of carboxylic acids is 1. The quantitative estimate of drug-likeness (QED) is 0.744. The van der Waals surface area contributed by atoms with Gasteiger partial charge < -0.3 is 14.6 Å². The average Bonchev–Trinajstić information content (AvgIpc) is 2.81. The maximum atomic E-state index is 11.0. The van der Waals surface area contributed by atoms with E-state index in [9.17, 15) is 9.90 Å². The minimum Gasteiger partial charge on any atom is -0.545 e. The second-order valence-electron chi connectivity index (χ2n) is 4.80. The maximum absolute atomic E-state index is 11.0. The van der Waals surface area contributed by atoms with E-state index < -0.39 is 5.97 Å². The van der Waals surface area contributed by atoms with Crippen molar-refractivity contribution in [1.82, 2.24) is 9.55 Å². The molecule has 0 spiro atoms. The number of carboxylic acid groups (broad SMARTS) is 1. The van der Waals surface area contributed by atoms with Crippen LogP contribution in [-0.4, -0.2) is 22.6 Å². The molecular formula is C16H12ClN2O3-. The molecule has 0 aliphatic heterocycles. The van der Waals surface area contributed by atoms with Crippen molar-refractivity contribution in [2.45, 2.75) is 6.92 Å². The fraction of sp³-hybridized carbons (Fsp3) is 0.125. The normalized spacial score (nSPS) is 10.9. The predicted octanol–water partition coefficient (Wildman–Crippen LogP) is 2.36. The zero-order valence-electron chi connectivity index (χ0n) is 12.0. The second-order valence-corrected chi connectivity index (χ2v) is 5.24. The monoisotopic (exact) mass is 315 g/mol. The summed E-state index contributed by atoms with van der Waals surface area (Å²) in [7, 11) is 1.58. The first-order valence-corrected chi connectivity index (χ1v) is 6.93. The van der Waals surface area contributed by atoms with Crippen molar-refractivity contribution in [2.75, 3.05) is 7.11 Å². The number of halogens is 1. The Labute approximate surface area is 131 Å². The molecule has 0 aliphatic carbocycles. The zero-order valence-corrected chi connectivity index (χ0v) is 12.7. The SMILES string of the molecule is COc1ccc(Cl)cc1-n1c(C)nc2cc(C(=O)[O-])ccc21. The molecule has 1 aromatic heterocycles. The molecule has 0 radical (unpaired) electrons. The molecule has 112 valence electrons.